The fourth-order valence-corrected chi connectivity index (χ4v) is 2.88. The minimum atomic E-state index is -0.266. The summed E-state index contributed by atoms with van der Waals surface area (Å²) in [5.74, 6) is 1.39. The van der Waals surface area contributed by atoms with Crippen molar-refractivity contribution < 1.29 is 13.9 Å². The fourth-order valence-electron chi connectivity index (χ4n) is 2.88. The van der Waals surface area contributed by atoms with Gasteiger partial charge in [0.25, 0.3) is 0 Å². The normalized spacial score (nSPS) is 15.9. The van der Waals surface area contributed by atoms with Crippen molar-refractivity contribution in [2.45, 2.75) is 18.9 Å². The summed E-state index contributed by atoms with van der Waals surface area (Å²) >= 11 is 0. The number of carbonyl (C=O) groups excluding carboxylic acids is 1. The summed E-state index contributed by atoms with van der Waals surface area (Å²) in [5, 5.41) is 5.68. The first-order chi connectivity index (χ1) is 11.8. The zero-order chi connectivity index (χ0) is 16.8. The van der Waals surface area contributed by atoms with Crippen molar-refractivity contribution in [3.8, 4) is 5.88 Å². The highest BCUT2D eigenvalue weighted by Crippen LogP contribution is 2.24. The summed E-state index contributed by atoms with van der Waals surface area (Å²) in [7, 11) is 1.55. The molecule has 24 heavy (non-hydrogen) atoms. The molecule has 0 spiro atoms. The highest BCUT2D eigenvalue weighted by Gasteiger charge is 2.25. The van der Waals surface area contributed by atoms with Gasteiger partial charge in [-0.1, -0.05) is 0 Å². The third kappa shape index (κ3) is 4.05. The largest absolute Gasteiger partial charge is 0.481 e. The lowest BCUT2D eigenvalue weighted by Gasteiger charge is -2.26. The van der Waals surface area contributed by atoms with E-state index in [9.17, 15) is 4.79 Å². The maximum Gasteiger partial charge on any atom is 0.319 e. The second-order valence-corrected chi connectivity index (χ2v) is 5.70. The number of methoxy groups -OCH3 is 1. The SMILES string of the molecule is COc1ccc(NC(=O)NC[C@H](c2ccco2)N2CCCC2)cn1. The standard InChI is InChI=1S/C17H22N4O3/c1-23-16-7-6-13(11-18-16)20-17(22)19-12-14(15-5-4-10-24-15)21-8-2-3-9-21/h4-7,10-11,14H,2-3,8-9,12H2,1H3,(H2,19,20,22)/t14-/m1/s1. The molecule has 7 heteroatoms. The molecule has 3 heterocycles. The van der Waals surface area contributed by atoms with E-state index < -0.39 is 0 Å². The van der Waals surface area contributed by atoms with Crippen LogP contribution in [0.5, 0.6) is 5.88 Å². The molecule has 1 aliphatic rings. The van der Waals surface area contributed by atoms with Crippen LogP contribution in [0.2, 0.25) is 0 Å². The zero-order valence-corrected chi connectivity index (χ0v) is 13.7. The van der Waals surface area contributed by atoms with Gasteiger partial charge in [-0.3, -0.25) is 4.90 Å². The molecule has 0 radical (unpaired) electrons. The number of nitrogens with zero attached hydrogens (tertiary/aromatic N) is 2. The molecule has 7 nitrogen and oxygen atoms in total. The minimum Gasteiger partial charge on any atom is -0.481 e. The predicted octanol–water partition coefficient (Wildman–Crippen LogP) is 2.64. The van der Waals surface area contributed by atoms with E-state index >= 15 is 0 Å². The number of pyridine rings is 1. The first-order valence-corrected chi connectivity index (χ1v) is 8.08. The molecule has 1 fully saturated rings. The highest BCUT2D eigenvalue weighted by molar-refractivity contribution is 5.89. The Hall–Kier alpha value is -2.54. The van der Waals surface area contributed by atoms with Gasteiger partial charge in [0.15, 0.2) is 0 Å². The lowest BCUT2D eigenvalue weighted by molar-refractivity contribution is 0.207. The van der Waals surface area contributed by atoms with Crippen LogP contribution in [-0.4, -0.2) is 42.7 Å². The number of rotatable bonds is 6. The predicted molar refractivity (Wildman–Crippen MR) is 90.1 cm³/mol. The summed E-state index contributed by atoms with van der Waals surface area (Å²) in [6.07, 6.45) is 5.59. The summed E-state index contributed by atoms with van der Waals surface area (Å²) in [5.41, 5.74) is 0.615. The molecule has 0 bridgehead atoms. The van der Waals surface area contributed by atoms with E-state index in [1.54, 1.807) is 31.7 Å². The second kappa shape index (κ2) is 7.83. The van der Waals surface area contributed by atoms with E-state index in [2.05, 4.69) is 20.5 Å². The van der Waals surface area contributed by atoms with Crippen molar-refractivity contribution in [3.05, 3.63) is 42.5 Å². The van der Waals surface area contributed by atoms with Gasteiger partial charge < -0.3 is 19.8 Å². The molecule has 2 aromatic heterocycles. The van der Waals surface area contributed by atoms with E-state index in [0.29, 0.717) is 18.1 Å². The van der Waals surface area contributed by atoms with Crippen LogP contribution >= 0.6 is 0 Å². The summed E-state index contributed by atoms with van der Waals surface area (Å²) in [4.78, 5) is 18.5. The Kier molecular flexibility index (Phi) is 5.32. The smallest absolute Gasteiger partial charge is 0.319 e. The van der Waals surface area contributed by atoms with E-state index in [1.807, 2.05) is 12.1 Å². The van der Waals surface area contributed by atoms with E-state index in [-0.39, 0.29) is 12.1 Å². The summed E-state index contributed by atoms with van der Waals surface area (Å²) < 4.78 is 10.5. The number of ether oxygens (including phenoxy) is 1. The molecule has 1 atom stereocenters. The summed E-state index contributed by atoms with van der Waals surface area (Å²) in [6.45, 7) is 2.54. The Morgan fingerprint density at radius 1 is 1.38 bits per heavy atom. The van der Waals surface area contributed by atoms with E-state index in [0.717, 1.165) is 18.8 Å². The van der Waals surface area contributed by atoms with Crippen LogP contribution in [0.3, 0.4) is 0 Å². The number of hydrogen-bond acceptors (Lipinski definition) is 5. The van der Waals surface area contributed by atoms with Gasteiger partial charge in [0.2, 0.25) is 5.88 Å². The van der Waals surface area contributed by atoms with E-state index in [1.165, 1.54) is 12.8 Å². The average Bonchev–Trinajstić information content (AvgIpc) is 3.30. The molecule has 2 amide bonds. The van der Waals surface area contributed by atoms with Gasteiger partial charge in [0, 0.05) is 12.6 Å². The van der Waals surface area contributed by atoms with Crippen LogP contribution in [0.15, 0.2) is 41.1 Å². The third-order valence-electron chi connectivity index (χ3n) is 4.11. The Balaban J connectivity index is 1.56. The van der Waals surface area contributed by atoms with Crippen LogP contribution in [0.25, 0.3) is 0 Å². The molecule has 2 aromatic rings. The van der Waals surface area contributed by atoms with Crippen LogP contribution in [0.4, 0.5) is 10.5 Å². The van der Waals surface area contributed by atoms with Gasteiger partial charge in [-0.2, -0.15) is 0 Å². The quantitative estimate of drug-likeness (QED) is 0.851. The van der Waals surface area contributed by atoms with E-state index in [4.69, 9.17) is 9.15 Å². The lowest BCUT2D eigenvalue weighted by Crippen LogP contribution is -2.38. The number of likely N-dealkylation sites (tertiary alicyclic amines) is 1. The molecule has 0 aliphatic carbocycles. The van der Waals surface area contributed by atoms with Crippen molar-refractivity contribution in [1.29, 1.82) is 0 Å². The first kappa shape index (κ1) is 16.3. The van der Waals surface area contributed by atoms with Crippen LogP contribution in [-0.2, 0) is 0 Å². The van der Waals surface area contributed by atoms with Gasteiger partial charge in [0.1, 0.15) is 5.76 Å². The van der Waals surface area contributed by atoms with Gasteiger partial charge in [-0.05, 0) is 44.1 Å². The van der Waals surface area contributed by atoms with Crippen LogP contribution < -0.4 is 15.4 Å². The molecule has 1 aliphatic heterocycles. The van der Waals surface area contributed by atoms with Gasteiger partial charge in [-0.15, -0.1) is 0 Å². The van der Waals surface area contributed by atoms with Crippen molar-refractivity contribution >= 4 is 11.7 Å². The third-order valence-corrected chi connectivity index (χ3v) is 4.11. The Labute approximate surface area is 141 Å². The molecule has 3 rings (SSSR count). The Morgan fingerprint density at radius 2 is 2.21 bits per heavy atom. The van der Waals surface area contributed by atoms with Crippen molar-refractivity contribution in [2.75, 3.05) is 32.1 Å². The first-order valence-electron chi connectivity index (χ1n) is 8.08. The molecule has 128 valence electrons. The van der Waals surface area contributed by atoms with Crippen molar-refractivity contribution in [3.63, 3.8) is 0 Å². The van der Waals surface area contributed by atoms with Crippen molar-refractivity contribution in [2.24, 2.45) is 0 Å². The molecule has 0 unspecified atom stereocenters. The van der Waals surface area contributed by atoms with Crippen molar-refractivity contribution in [1.82, 2.24) is 15.2 Å². The Bertz CT molecular complexity index is 636. The monoisotopic (exact) mass is 330 g/mol. The number of aromatic nitrogens is 1. The van der Waals surface area contributed by atoms with Gasteiger partial charge in [-0.25, -0.2) is 9.78 Å². The maximum absolute atomic E-state index is 12.1. The number of urea groups is 1. The maximum atomic E-state index is 12.1. The van der Waals surface area contributed by atoms with Crippen LogP contribution in [0.1, 0.15) is 24.6 Å². The average molecular weight is 330 g/mol. The number of carbonyl (C=O) groups is 1. The zero-order valence-electron chi connectivity index (χ0n) is 13.7. The topological polar surface area (TPSA) is 79.6 Å². The fraction of sp³-hybridized carbons (Fsp3) is 0.412. The second-order valence-electron chi connectivity index (χ2n) is 5.70. The number of amides is 2. The molecule has 2 N–H and O–H groups in total. The lowest BCUT2D eigenvalue weighted by atomic mass is 10.2. The molecule has 1 saturated heterocycles. The minimum absolute atomic E-state index is 0.0576. The Morgan fingerprint density at radius 3 is 2.83 bits per heavy atom. The number of anilines is 1. The van der Waals surface area contributed by atoms with Crippen LogP contribution in [0, 0.1) is 0 Å². The number of hydrogen-bond donors (Lipinski definition) is 2. The molecule has 0 aromatic carbocycles. The highest BCUT2D eigenvalue weighted by atomic mass is 16.5. The van der Waals surface area contributed by atoms with Gasteiger partial charge in [0.05, 0.1) is 31.3 Å². The molecular formula is C17H22N4O3. The number of furan rings is 1. The number of nitrogens with one attached hydrogen (secondary N) is 2. The summed E-state index contributed by atoms with van der Waals surface area (Å²) in [6, 6.07) is 7.07. The van der Waals surface area contributed by atoms with Gasteiger partial charge >= 0.3 is 6.03 Å². The molecule has 0 saturated carbocycles. The molecular weight excluding hydrogens is 308 g/mol.